The molecule has 0 N–H and O–H groups in total. The molecule has 1 aliphatic carbocycles. The van der Waals surface area contributed by atoms with Gasteiger partial charge in [-0.1, -0.05) is 30.3 Å². The molecule has 0 bridgehead atoms. The molecule has 0 aromatic heterocycles. The molecule has 1 aromatic carbocycles. The number of likely N-dealkylation sites (tertiary alicyclic amines) is 1. The monoisotopic (exact) mass is 349 g/mol. The molecule has 0 amide bonds. The van der Waals surface area contributed by atoms with Crippen LogP contribution in [0.1, 0.15) is 71.3 Å². The molecular formula is C22H33F2N. The van der Waals surface area contributed by atoms with Crippen molar-refractivity contribution in [2.75, 3.05) is 13.1 Å². The SMILES string of the molecule is CC(C)(C)N1CCC(CC2CCC(F)(F)CC2)(c2ccccc2)CC1. The van der Waals surface area contributed by atoms with E-state index < -0.39 is 5.92 Å². The van der Waals surface area contributed by atoms with Crippen LogP contribution >= 0.6 is 0 Å². The summed E-state index contributed by atoms with van der Waals surface area (Å²) in [4.78, 5) is 2.57. The minimum absolute atomic E-state index is 0.0800. The van der Waals surface area contributed by atoms with E-state index in [1.54, 1.807) is 0 Å². The number of rotatable bonds is 3. The Kier molecular flexibility index (Phi) is 5.26. The maximum absolute atomic E-state index is 13.6. The van der Waals surface area contributed by atoms with Crippen LogP contribution in [-0.4, -0.2) is 29.5 Å². The number of nitrogens with zero attached hydrogens (tertiary/aromatic N) is 1. The van der Waals surface area contributed by atoms with Crippen molar-refractivity contribution in [3.05, 3.63) is 35.9 Å². The van der Waals surface area contributed by atoms with Crippen molar-refractivity contribution >= 4 is 0 Å². The Bertz CT molecular complexity index is 543. The second kappa shape index (κ2) is 6.98. The van der Waals surface area contributed by atoms with Crippen LogP contribution in [0.5, 0.6) is 0 Å². The Morgan fingerprint density at radius 3 is 2.04 bits per heavy atom. The van der Waals surface area contributed by atoms with E-state index in [4.69, 9.17) is 0 Å². The maximum Gasteiger partial charge on any atom is 0.248 e. The molecule has 3 rings (SSSR count). The van der Waals surface area contributed by atoms with Gasteiger partial charge in [-0.3, -0.25) is 4.90 Å². The van der Waals surface area contributed by atoms with Gasteiger partial charge >= 0.3 is 0 Å². The summed E-state index contributed by atoms with van der Waals surface area (Å²) in [5.41, 5.74) is 1.79. The average molecular weight is 350 g/mol. The lowest BCUT2D eigenvalue weighted by Crippen LogP contribution is -2.51. The van der Waals surface area contributed by atoms with E-state index in [2.05, 4.69) is 56.0 Å². The summed E-state index contributed by atoms with van der Waals surface area (Å²) >= 11 is 0. The van der Waals surface area contributed by atoms with Crippen molar-refractivity contribution in [3.63, 3.8) is 0 Å². The van der Waals surface area contributed by atoms with Crippen molar-refractivity contribution in [2.45, 2.75) is 82.6 Å². The largest absolute Gasteiger partial charge is 0.298 e. The molecule has 1 nitrogen and oxygen atoms in total. The Balaban J connectivity index is 1.76. The standard InChI is InChI=1S/C22H33F2N/c1-20(2,3)25-15-13-21(14-16-25,19-7-5-4-6-8-19)17-18-9-11-22(23,24)12-10-18/h4-8,18H,9-17H2,1-3H3. The first-order chi connectivity index (χ1) is 11.7. The summed E-state index contributed by atoms with van der Waals surface area (Å²) in [7, 11) is 0. The topological polar surface area (TPSA) is 3.24 Å². The maximum atomic E-state index is 13.6. The molecule has 140 valence electrons. The Morgan fingerprint density at radius 2 is 1.52 bits per heavy atom. The molecule has 0 spiro atoms. The third-order valence-electron chi connectivity index (χ3n) is 6.57. The van der Waals surface area contributed by atoms with Crippen LogP contribution in [-0.2, 0) is 5.41 Å². The fraction of sp³-hybridized carbons (Fsp3) is 0.727. The van der Waals surface area contributed by atoms with Crippen molar-refractivity contribution < 1.29 is 8.78 Å². The summed E-state index contributed by atoms with van der Waals surface area (Å²) in [5, 5.41) is 0. The molecule has 25 heavy (non-hydrogen) atoms. The number of piperidine rings is 1. The van der Waals surface area contributed by atoms with Gasteiger partial charge in [-0.2, -0.15) is 0 Å². The second-order valence-electron chi connectivity index (χ2n) is 9.31. The molecule has 1 aromatic rings. The number of alkyl halides is 2. The van der Waals surface area contributed by atoms with E-state index in [9.17, 15) is 8.78 Å². The zero-order chi connectivity index (χ0) is 18.1. The Morgan fingerprint density at radius 1 is 0.960 bits per heavy atom. The van der Waals surface area contributed by atoms with Gasteiger partial charge in [-0.25, -0.2) is 8.78 Å². The molecule has 1 saturated carbocycles. The lowest BCUT2D eigenvalue weighted by Gasteiger charge is -2.48. The molecule has 0 unspecified atom stereocenters. The van der Waals surface area contributed by atoms with Crippen molar-refractivity contribution in [1.29, 1.82) is 0 Å². The lowest BCUT2D eigenvalue weighted by atomic mass is 9.65. The van der Waals surface area contributed by atoms with Crippen LogP contribution in [0.15, 0.2) is 30.3 Å². The van der Waals surface area contributed by atoms with E-state index >= 15 is 0 Å². The summed E-state index contributed by atoms with van der Waals surface area (Å²) in [6, 6.07) is 10.8. The fourth-order valence-electron chi connectivity index (χ4n) is 4.86. The first-order valence-electron chi connectivity index (χ1n) is 9.89. The zero-order valence-electron chi connectivity index (χ0n) is 16.0. The van der Waals surface area contributed by atoms with E-state index in [1.807, 2.05) is 0 Å². The van der Waals surface area contributed by atoms with Gasteiger partial charge in [0.1, 0.15) is 0 Å². The smallest absolute Gasteiger partial charge is 0.248 e. The van der Waals surface area contributed by atoms with Gasteiger partial charge in [-0.15, -0.1) is 0 Å². The van der Waals surface area contributed by atoms with E-state index in [1.165, 1.54) is 5.56 Å². The van der Waals surface area contributed by atoms with Crippen LogP contribution in [0, 0.1) is 5.92 Å². The molecule has 0 radical (unpaired) electrons. The number of halogens is 2. The minimum atomic E-state index is -2.42. The predicted molar refractivity (Wildman–Crippen MR) is 100 cm³/mol. The molecule has 3 heteroatoms. The Labute approximate surface area is 151 Å². The minimum Gasteiger partial charge on any atom is -0.298 e. The van der Waals surface area contributed by atoms with Crippen molar-refractivity contribution in [1.82, 2.24) is 4.90 Å². The number of hydrogen-bond donors (Lipinski definition) is 0. The quantitative estimate of drug-likeness (QED) is 0.643. The molecule has 0 atom stereocenters. The fourth-order valence-corrected chi connectivity index (χ4v) is 4.86. The van der Waals surface area contributed by atoms with Crippen LogP contribution in [0.4, 0.5) is 8.78 Å². The van der Waals surface area contributed by atoms with Crippen LogP contribution < -0.4 is 0 Å². The third kappa shape index (κ3) is 4.42. The highest BCUT2D eigenvalue weighted by Crippen LogP contribution is 2.46. The highest BCUT2D eigenvalue weighted by Gasteiger charge is 2.42. The van der Waals surface area contributed by atoms with E-state index in [-0.39, 0.29) is 23.8 Å². The molecule has 1 aliphatic heterocycles. The molecule has 1 saturated heterocycles. The van der Waals surface area contributed by atoms with Gasteiger partial charge in [0, 0.05) is 18.4 Å². The van der Waals surface area contributed by atoms with Crippen molar-refractivity contribution in [2.24, 2.45) is 5.92 Å². The zero-order valence-corrected chi connectivity index (χ0v) is 16.0. The second-order valence-corrected chi connectivity index (χ2v) is 9.31. The first-order valence-corrected chi connectivity index (χ1v) is 9.89. The molecular weight excluding hydrogens is 316 g/mol. The average Bonchev–Trinajstić information content (AvgIpc) is 2.57. The van der Waals surface area contributed by atoms with Gasteiger partial charge in [0.05, 0.1) is 0 Å². The number of benzene rings is 1. The van der Waals surface area contributed by atoms with E-state index in [0.717, 1.165) is 32.4 Å². The van der Waals surface area contributed by atoms with Crippen LogP contribution in [0.3, 0.4) is 0 Å². The van der Waals surface area contributed by atoms with Gasteiger partial charge in [0.15, 0.2) is 0 Å². The molecule has 2 aliphatic rings. The van der Waals surface area contributed by atoms with Crippen LogP contribution in [0.2, 0.25) is 0 Å². The van der Waals surface area contributed by atoms with Gasteiger partial charge in [-0.05, 0) is 82.9 Å². The van der Waals surface area contributed by atoms with E-state index in [0.29, 0.717) is 18.8 Å². The van der Waals surface area contributed by atoms with Crippen LogP contribution in [0.25, 0.3) is 0 Å². The van der Waals surface area contributed by atoms with Gasteiger partial charge in [0.2, 0.25) is 5.92 Å². The molecule has 2 fully saturated rings. The molecule has 1 heterocycles. The van der Waals surface area contributed by atoms with Gasteiger partial charge in [0.25, 0.3) is 0 Å². The third-order valence-corrected chi connectivity index (χ3v) is 6.57. The number of hydrogen-bond acceptors (Lipinski definition) is 1. The Hall–Kier alpha value is -0.960. The summed E-state index contributed by atoms with van der Waals surface area (Å²) < 4.78 is 27.1. The summed E-state index contributed by atoms with van der Waals surface area (Å²) in [5.74, 6) is -1.98. The highest BCUT2D eigenvalue weighted by atomic mass is 19.3. The normalized spacial score (nSPS) is 25.0. The summed E-state index contributed by atoms with van der Waals surface area (Å²) in [6.45, 7) is 9.05. The van der Waals surface area contributed by atoms with Crippen molar-refractivity contribution in [3.8, 4) is 0 Å². The highest BCUT2D eigenvalue weighted by molar-refractivity contribution is 5.26. The lowest BCUT2D eigenvalue weighted by molar-refractivity contribution is -0.0507. The predicted octanol–water partition coefficient (Wildman–Crippen LogP) is 6.03. The van der Waals surface area contributed by atoms with Gasteiger partial charge < -0.3 is 0 Å². The first kappa shape index (κ1) is 18.8. The summed E-state index contributed by atoms with van der Waals surface area (Å²) in [6.07, 6.45) is 4.88.